The van der Waals surface area contributed by atoms with E-state index >= 15 is 0 Å². The Labute approximate surface area is 147 Å². The molecule has 1 aromatic heterocycles. The molecule has 0 saturated carbocycles. The van der Waals surface area contributed by atoms with Gasteiger partial charge in [-0.1, -0.05) is 48.5 Å². The minimum absolute atomic E-state index is 0.401. The molecule has 0 aliphatic rings. The largest absolute Gasteiger partial charge is 0.413 e. The summed E-state index contributed by atoms with van der Waals surface area (Å²) < 4.78 is 7.10. The van der Waals surface area contributed by atoms with Crippen molar-refractivity contribution in [1.82, 2.24) is 15.1 Å². The second-order valence-electron chi connectivity index (χ2n) is 5.93. The number of aromatic nitrogens is 2. The normalized spacial score (nSPS) is 10.5. The molecule has 1 heterocycles. The quantitative estimate of drug-likeness (QED) is 0.784. The van der Waals surface area contributed by atoms with Crippen molar-refractivity contribution in [3.8, 4) is 16.9 Å². The van der Waals surface area contributed by atoms with E-state index < -0.39 is 6.09 Å². The van der Waals surface area contributed by atoms with Crippen LogP contribution in [0.4, 0.5) is 4.79 Å². The standard InChI is InChI=1S/C20H21N3O2/c1-14-19(15(2)23(3)22-14)25-20(24)21-13-16-8-7-11-18(12-16)17-9-5-4-6-10-17/h4-12H,13H2,1-3H3,(H,21,24). The minimum atomic E-state index is -0.482. The van der Waals surface area contributed by atoms with Crippen LogP contribution in [0.25, 0.3) is 11.1 Å². The van der Waals surface area contributed by atoms with E-state index in [-0.39, 0.29) is 0 Å². The van der Waals surface area contributed by atoms with Gasteiger partial charge in [-0.3, -0.25) is 4.68 Å². The summed E-state index contributed by atoms with van der Waals surface area (Å²) in [5.74, 6) is 0.512. The first kappa shape index (κ1) is 16.8. The van der Waals surface area contributed by atoms with Crippen LogP contribution in [0, 0.1) is 13.8 Å². The van der Waals surface area contributed by atoms with E-state index in [0.29, 0.717) is 18.0 Å². The fraction of sp³-hybridized carbons (Fsp3) is 0.200. The maximum Gasteiger partial charge on any atom is 0.413 e. The second kappa shape index (κ2) is 7.21. The average Bonchev–Trinajstić information content (AvgIpc) is 2.87. The van der Waals surface area contributed by atoms with Crippen LogP contribution < -0.4 is 10.1 Å². The second-order valence-corrected chi connectivity index (χ2v) is 5.93. The Bertz CT molecular complexity index is 885. The molecule has 0 aliphatic carbocycles. The molecule has 0 bridgehead atoms. The fourth-order valence-electron chi connectivity index (χ4n) is 2.70. The van der Waals surface area contributed by atoms with Gasteiger partial charge in [-0.25, -0.2) is 4.79 Å². The predicted molar refractivity (Wildman–Crippen MR) is 97.4 cm³/mol. The van der Waals surface area contributed by atoms with Gasteiger partial charge in [0.05, 0.1) is 5.69 Å². The zero-order chi connectivity index (χ0) is 17.8. The molecular formula is C20H21N3O2. The van der Waals surface area contributed by atoms with E-state index in [1.807, 2.05) is 51.2 Å². The first-order chi connectivity index (χ1) is 12.0. The molecule has 0 radical (unpaired) electrons. The number of aryl methyl sites for hydroxylation is 2. The molecule has 0 unspecified atom stereocenters. The summed E-state index contributed by atoms with van der Waals surface area (Å²) in [5, 5.41) is 7.03. The number of amides is 1. The monoisotopic (exact) mass is 335 g/mol. The van der Waals surface area contributed by atoms with Crippen LogP contribution in [-0.2, 0) is 13.6 Å². The van der Waals surface area contributed by atoms with Crippen molar-refractivity contribution in [2.45, 2.75) is 20.4 Å². The van der Waals surface area contributed by atoms with E-state index in [2.05, 4.69) is 34.7 Å². The predicted octanol–water partition coefficient (Wildman–Crippen LogP) is 3.99. The third-order valence-corrected chi connectivity index (χ3v) is 4.11. The Morgan fingerprint density at radius 3 is 2.48 bits per heavy atom. The number of rotatable bonds is 4. The van der Waals surface area contributed by atoms with Gasteiger partial charge in [-0.05, 0) is 36.6 Å². The Kier molecular flexibility index (Phi) is 4.84. The smallest absolute Gasteiger partial charge is 0.406 e. The molecule has 3 aromatic rings. The fourth-order valence-corrected chi connectivity index (χ4v) is 2.70. The lowest BCUT2D eigenvalue weighted by Gasteiger charge is -2.08. The van der Waals surface area contributed by atoms with E-state index in [1.54, 1.807) is 4.68 Å². The molecule has 25 heavy (non-hydrogen) atoms. The number of hydrogen-bond acceptors (Lipinski definition) is 3. The molecule has 5 heteroatoms. The number of carbonyl (C=O) groups is 1. The Morgan fingerprint density at radius 2 is 1.80 bits per heavy atom. The number of nitrogens with one attached hydrogen (secondary N) is 1. The summed E-state index contributed by atoms with van der Waals surface area (Å²) in [4.78, 5) is 12.1. The highest BCUT2D eigenvalue weighted by atomic mass is 16.6. The van der Waals surface area contributed by atoms with Gasteiger partial charge in [-0.15, -0.1) is 0 Å². The molecule has 3 rings (SSSR count). The van der Waals surface area contributed by atoms with E-state index in [4.69, 9.17) is 4.74 Å². The number of benzene rings is 2. The van der Waals surface area contributed by atoms with Crippen LogP contribution in [0.15, 0.2) is 54.6 Å². The molecular weight excluding hydrogens is 314 g/mol. The topological polar surface area (TPSA) is 56.2 Å². The first-order valence-corrected chi connectivity index (χ1v) is 8.15. The zero-order valence-corrected chi connectivity index (χ0v) is 14.6. The lowest BCUT2D eigenvalue weighted by Crippen LogP contribution is -2.26. The van der Waals surface area contributed by atoms with E-state index in [9.17, 15) is 4.79 Å². The maximum absolute atomic E-state index is 12.1. The van der Waals surface area contributed by atoms with Gasteiger partial charge in [0.1, 0.15) is 5.69 Å². The zero-order valence-electron chi connectivity index (χ0n) is 14.6. The summed E-state index contributed by atoms with van der Waals surface area (Å²) in [6.07, 6.45) is -0.482. The van der Waals surface area contributed by atoms with Gasteiger partial charge in [0, 0.05) is 13.6 Å². The summed E-state index contributed by atoms with van der Waals surface area (Å²) in [7, 11) is 1.82. The third-order valence-electron chi connectivity index (χ3n) is 4.11. The van der Waals surface area contributed by atoms with Crippen LogP contribution in [0.1, 0.15) is 17.0 Å². The van der Waals surface area contributed by atoms with Crippen molar-refractivity contribution >= 4 is 6.09 Å². The van der Waals surface area contributed by atoms with Crippen molar-refractivity contribution in [3.05, 3.63) is 71.5 Å². The van der Waals surface area contributed by atoms with Gasteiger partial charge in [0.25, 0.3) is 0 Å². The van der Waals surface area contributed by atoms with Crippen LogP contribution in [0.2, 0.25) is 0 Å². The minimum Gasteiger partial charge on any atom is -0.406 e. The summed E-state index contributed by atoms with van der Waals surface area (Å²) >= 11 is 0. The lowest BCUT2D eigenvalue weighted by atomic mass is 10.0. The van der Waals surface area contributed by atoms with Gasteiger partial charge < -0.3 is 10.1 Å². The average molecular weight is 335 g/mol. The van der Waals surface area contributed by atoms with Crippen molar-refractivity contribution < 1.29 is 9.53 Å². The van der Waals surface area contributed by atoms with Crippen molar-refractivity contribution in [3.63, 3.8) is 0 Å². The number of carbonyl (C=O) groups excluding carboxylic acids is 1. The number of nitrogens with zero attached hydrogens (tertiary/aromatic N) is 2. The van der Waals surface area contributed by atoms with Crippen molar-refractivity contribution in [2.75, 3.05) is 0 Å². The molecule has 0 saturated heterocycles. The summed E-state index contributed by atoms with van der Waals surface area (Å²) in [6, 6.07) is 18.2. The van der Waals surface area contributed by atoms with Crippen LogP contribution in [0.3, 0.4) is 0 Å². The molecule has 0 spiro atoms. The van der Waals surface area contributed by atoms with Gasteiger partial charge in [-0.2, -0.15) is 5.10 Å². The highest BCUT2D eigenvalue weighted by molar-refractivity contribution is 5.71. The SMILES string of the molecule is Cc1nn(C)c(C)c1OC(=O)NCc1cccc(-c2ccccc2)c1. The van der Waals surface area contributed by atoms with Gasteiger partial charge in [0.2, 0.25) is 0 Å². The lowest BCUT2D eigenvalue weighted by molar-refractivity contribution is 0.199. The van der Waals surface area contributed by atoms with E-state index in [1.165, 1.54) is 0 Å². The van der Waals surface area contributed by atoms with Crippen LogP contribution in [0.5, 0.6) is 5.75 Å². The summed E-state index contributed by atoms with van der Waals surface area (Å²) in [5.41, 5.74) is 4.79. The maximum atomic E-state index is 12.1. The van der Waals surface area contributed by atoms with Crippen LogP contribution >= 0.6 is 0 Å². The molecule has 0 aliphatic heterocycles. The Morgan fingerprint density at radius 1 is 1.08 bits per heavy atom. The first-order valence-electron chi connectivity index (χ1n) is 8.15. The number of hydrogen-bond donors (Lipinski definition) is 1. The van der Waals surface area contributed by atoms with Crippen LogP contribution in [-0.4, -0.2) is 15.9 Å². The van der Waals surface area contributed by atoms with Crippen molar-refractivity contribution in [1.29, 1.82) is 0 Å². The molecule has 5 nitrogen and oxygen atoms in total. The molecule has 0 atom stereocenters. The Balaban J connectivity index is 1.65. The van der Waals surface area contributed by atoms with Gasteiger partial charge >= 0.3 is 6.09 Å². The van der Waals surface area contributed by atoms with Crippen molar-refractivity contribution in [2.24, 2.45) is 7.05 Å². The molecule has 128 valence electrons. The van der Waals surface area contributed by atoms with E-state index in [0.717, 1.165) is 22.4 Å². The van der Waals surface area contributed by atoms with Gasteiger partial charge in [0.15, 0.2) is 5.75 Å². The third kappa shape index (κ3) is 3.88. The molecule has 1 amide bonds. The highest BCUT2D eigenvalue weighted by Gasteiger charge is 2.14. The Hall–Kier alpha value is -3.08. The highest BCUT2D eigenvalue weighted by Crippen LogP contribution is 2.22. The molecule has 2 aromatic carbocycles. The molecule has 0 fully saturated rings. The number of ether oxygens (including phenoxy) is 1. The molecule has 1 N–H and O–H groups in total. The summed E-state index contributed by atoms with van der Waals surface area (Å²) in [6.45, 7) is 4.09.